The first-order chi connectivity index (χ1) is 11.2. The highest BCUT2D eigenvalue weighted by atomic mass is 127. The quantitative estimate of drug-likeness (QED) is 0.401. The first kappa shape index (κ1) is 19.5. The smallest absolute Gasteiger partial charge is 0.194 e. The van der Waals surface area contributed by atoms with E-state index in [9.17, 15) is 5.11 Å². The summed E-state index contributed by atoms with van der Waals surface area (Å²) in [6.45, 7) is 6.11. The topological polar surface area (TPSA) is 74.9 Å². The summed E-state index contributed by atoms with van der Waals surface area (Å²) in [7, 11) is 1.92. The monoisotopic (exact) mass is 449 g/mol. The predicted molar refractivity (Wildman–Crippen MR) is 104 cm³/mol. The van der Waals surface area contributed by atoms with Crippen molar-refractivity contribution in [3.05, 3.63) is 18.0 Å². The van der Waals surface area contributed by atoms with E-state index in [1.54, 1.807) is 4.68 Å². The summed E-state index contributed by atoms with van der Waals surface area (Å²) < 4.78 is 7.70. The molecular weight excluding hydrogens is 421 g/mol. The second-order valence-corrected chi connectivity index (χ2v) is 6.58. The molecule has 2 fully saturated rings. The molecule has 1 aliphatic heterocycles. The standard InChI is InChI=1S/C16H27N5O2.HI/c1-3-17-15(18-11-16(12-22)4-5-16)21-6-7-23-14(10-21)13-8-19-20(2)9-13;/h8-9,14,22H,3-7,10-12H2,1-2H3,(H,17,18);1H. The van der Waals surface area contributed by atoms with Crippen LogP contribution in [0.1, 0.15) is 31.4 Å². The van der Waals surface area contributed by atoms with E-state index < -0.39 is 0 Å². The van der Waals surface area contributed by atoms with E-state index in [2.05, 4.69) is 22.2 Å². The Bertz CT molecular complexity index is 558. The van der Waals surface area contributed by atoms with Crippen molar-refractivity contribution in [3.63, 3.8) is 0 Å². The minimum atomic E-state index is 0. The number of rotatable bonds is 5. The molecule has 2 aliphatic rings. The molecule has 0 amide bonds. The first-order valence-corrected chi connectivity index (χ1v) is 8.40. The highest BCUT2D eigenvalue weighted by Gasteiger charge is 2.42. The average molecular weight is 449 g/mol. The van der Waals surface area contributed by atoms with E-state index in [4.69, 9.17) is 9.73 Å². The number of guanidine groups is 1. The van der Waals surface area contributed by atoms with Gasteiger partial charge in [0, 0.05) is 37.3 Å². The Hall–Kier alpha value is -0.870. The molecule has 0 radical (unpaired) electrons. The summed E-state index contributed by atoms with van der Waals surface area (Å²) in [6.07, 6.45) is 6.04. The third-order valence-corrected chi connectivity index (χ3v) is 4.65. The lowest BCUT2D eigenvalue weighted by Crippen LogP contribution is -2.48. The van der Waals surface area contributed by atoms with Gasteiger partial charge < -0.3 is 20.1 Å². The number of aliphatic imine (C=N–C) groups is 1. The molecule has 1 aromatic rings. The summed E-state index contributed by atoms with van der Waals surface area (Å²) >= 11 is 0. The van der Waals surface area contributed by atoms with Crippen molar-refractivity contribution in [3.8, 4) is 0 Å². The number of morpholine rings is 1. The van der Waals surface area contributed by atoms with E-state index in [-0.39, 0.29) is 42.1 Å². The summed E-state index contributed by atoms with van der Waals surface area (Å²) in [5.41, 5.74) is 1.14. The Morgan fingerprint density at radius 1 is 1.54 bits per heavy atom. The van der Waals surface area contributed by atoms with Gasteiger partial charge in [-0.2, -0.15) is 5.10 Å². The average Bonchev–Trinajstić information content (AvgIpc) is 3.24. The van der Waals surface area contributed by atoms with E-state index in [0.717, 1.165) is 44.0 Å². The SMILES string of the molecule is CCNC(=NCC1(CO)CC1)N1CCOC(c2cnn(C)c2)C1.I. The molecule has 1 atom stereocenters. The van der Waals surface area contributed by atoms with Crippen molar-refractivity contribution in [1.82, 2.24) is 20.0 Å². The van der Waals surface area contributed by atoms with Gasteiger partial charge in [0.2, 0.25) is 0 Å². The molecule has 136 valence electrons. The van der Waals surface area contributed by atoms with Crippen LogP contribution in [0.3, 0.4) is 0 Å². The molecule has 3 rings (SSSR count). The zero-order valence-corrected chi connectivity index (χ0v) is 16.8. The molecule has 1 saturated heterocycles. The van der Waals surface area contributed by atoms with Crippen molar-refractivity contribution in [2.45, 2.75) is 25.9 Å². The molecule has 1 aliphatic carbocycles. The fourth-order valence-electron chi connectivity index (χ4n) is 2.86. The number of aromatic nitrogens is 2. The van der Waals surface area contributed by atoms with Gasteiger partial charge in [-0.3, -0.25) is 9.67 Å². The first-order valence-electron chi connectivity index (χ1n) is 8.40. The highest BCUT2D eigenvalue weighted by Crippen LogP contribution is 2.45. The van der Waals surface area contributed by atoms with Crippen molar-refractivity contribution in [2.75, 3.05) is 39.4 Å². The van der Waals surface area contributed by atoms with Gasteiger partial charge in [0.25, 0.3) is 0 Å². The molecule has 24 heavy (non-hydrogen) atoms. The lowest BCUT2D eigenvalue weighted by atomic mass is 10.1. The van der Waals surface area contributed by atoms with Gasteiger partial charge in [-0.25, -0.2) is 0 Å². The van der Waals surface area contributed by atoms with Crippen LogP contribution in [0.15, 0.2) is 17.4 Å². The van der Waals surface area contributed by atoms with Gasteiger partial charge in [-0.05, 0) is 19.8 Å². The molecule has 1 aromatic heterocycles. The van der Waals surface area contributed by atoms with Crippen LogP contribution in [0.2, 0.25) is 0 Å². The van der Waals surface area contributed by atoms with Crippen LogP contribution in [0, 0.1) is 5.41 Å². The number of nitrogens with zero attached hydrogens (tertiary/aromatic N) is 4. The van der Waals surface area contributed by atoms with Gasteiger partial charge in [0.15, 0.2) is 5.96 Å². The number of halogens is 1. The van der Waals surface area contributed by atoms with Gasteiger partial charge in [0.1, 0.15) is 6.10 Å². The molecule has 0 spiro atoms. The van der Waals surface area contributed by atoms with E-state index in [1.807, 2.05) is 19.4 Å². The van der Waals surface area contributed by atoms with Crippen LogP contribution < -0.4 is 5.32 Å². The second kappa shape index (κ2) is 8.48. The van der Waals surface area contributed by atoms with E-state index in [0.29, 0.717) is 13.2 Å². The molecule has 2 N–H and O–H groups in total. The van der Waals surface area contributed by atoms with Crippen molar-refractivity contribution < 1.29 is 9.84 Å². The number of ether oxygens (including phenoxy) is 1. The molecule has 2 heterocycles. The maximum atomic E-state index is 9.47. The molecular formula is C16H28IN5O2. The maximum absolute atomic E-state index is 9.47. The van der Waals surface area contributed by atoms with Crippen LogP contribution in [0.4, 0.5) is 0 Å². The summed E-state index contributed by atoms with van der Waals surface area (Å²) in [4.78, 5) is 7.02. The highest BCUT2D eigenvalue weighted by molar-refractivity contribution is 14.0. The summed E-state index contributed by atoms with van der Waals surface area (Å²) in [5.74, 6) is 0.921. The number of aryl methyl sites for hydroxylation is 1. The number of hydrogen-bond acceptors (Lipinski definition) is 4. The van der Waals surface area contributed by atoms with Gasteiger partial charge in [-0.15, -0.1) is 24.0 Å². The van der Waals surface area contributed by atoms with Gasteiger partial charge in [0.05, 0.1) is 32.5 Å². The molecule has 1 saturated carbocycles. The predicted octanol–water partition coefficient (Wildman–Crippen LogP) is 1.15. The van der Waals surface area contributed by atoms with Crippen LogP contribution in [0.25, 0.3) is 0 Å². The summed E-state index contributed by atoms with van der Waals surface area (Å²) in [5, 5.41) is 17.1. The molecule has 0 aromatic carbocycles. The second-order valence-electron chi connectivity index (χ2n) is 6.58. The number of hydrogen-bond donors (Lipinski definition) is 2. The summed E-state index contributed by atoms with van der Waals surface area (Å²) in [6, 6.07) is 0. The van der Waals surface area contributed by atoms with Crippen LogP contribution in [-0.4, -0.2) is 65.1 Å². The minimum absolute atomic E-state index is 0. The van der Waals surface area contributed by atoms with Crippen LogP contribution >= 0.6 is 24.0 Å². The minimum Gasteiger partial charge on any atom is -0.396 e. The Labute approximate surface area is 160 Å². The van der Waals surface area contributed by atoms with E-state index >= 15 is 0 Å². The largest absolute Gasteiger partial charge is 0.396 e. The number of aliphatic hydroxyl groups is 1. The van der Waals surface area contributed by atoms with Crippen molar-refractivity contribution >= 4 is 29.9 Å². The van der Waals surface area contributed by atoms with Gasteiger partial charge in [-0.1, -0.05) is 0 Å². The molecule has 7 nitrogen and oxygen atoms in total. The zero-order valence-electron chi connectivity index (χ0n) is 14.4. The van der Waals surface area contributed by atoms with Crippen molar-refractivity contribution in [2.24, 2.45) is 17.5 Å². The van der Waals surface area contributed by atoms with Crippen molar-refractivity contribution in [1.29, 1.82) is 0 Å². The fraction of sp³-hybridized carbons (Fsp3) is 0.750. The van der Waals surface area contributed by atoms with Gasteiger partial charge >= 0.3 is 0 Å². The lowest BCUT2D eigenvalue weighted by Gasteiger charge is -2.35. The Balaban J connectivity index is 0.00000208. The third-order valence-electron chi connectivity index (χ3n) is 4.65. The zero-order chi connectivity index (χ0) is 16.3. The van der Waals surface area contributed by atoms with Crippen LogP contribution in [-0.2, 0) is 11.8 Å². The number of nitrogens with one attached hydrogen (secondary N) is 1. The van der Waals surface area contributed by atoms with Crippen LogP contribution in [0.5, 0.6) is 0 Å². The molecule has 8 heteroatoms. The Morgan fingerprint density at radius 3 is 2.92 bits per heavy atom. The fourth-order valence-corrected chi connectivity index (χ4v) is 2.86. The molecule has 0 bridgehead atoms. The Kier molecular flexibility index (Phi) is 6.88. The number of aliphatic hydroxyl groups excluding tert-OH is 1. The Morgan fingerprint density at radius 2 is 2.33 bits per heavy atom. The maximum Gasteiger partial charge on any atom is 0.194 e. The molecule has 1 unspecified atom stereocenters. The lowest BCUT2D eigenvalue weighted by molar-refractivity contribution is -0.00809. The third kappa shape index (κ3) is 4.60. The van der Waals surface area contributed by atoms with E-state index in [1.165, 1.54) is 0 Å². The normalized spacial score (nSPS) is 22.9.